The molecule has 3 unspecified atom stereocenters. The Bertz CT molecular complexity index is 1110. The van der Waals surface area contributed by atoms with Gasteiger partial charge in [-0.2, -0.15) is 0 Å². The maximum Gasteiger partial charge on any atom is 0.312 e. The number of likely N-dealkylation sites (tertiary alicyclic amines) is 1. The predicted molar refractivity (Wildman–Crippen MR) is 147 cm³/mol. The van der Waals surface area contributed by atoms with Crippen molar-refractivity contribution < 1.29 is 29.0 Å². The Hall–Kier alpha value is -2.97. The van der Waals surface area contributed by atoms with Crippen LogP contribution in [0.25, 0.3) is 0 Å². The number of carbonyl (C=O) groups is 3. The molecule has 3 aliphatic heterocycles. The van der Waals surface area contributed by atoms with Gasteiger partial charge in [-0.1, -0.05) is 63.3 Å². The average molecular weight is 539 g/mol. The van der Waals surface area contributed by atoms with Crippen molar-refractivity contribution in [2.45, 2.75) is 70.4 Å². The van der Waals surface area contributed by atoms with E-state index in [0.29, 0.717) is 19.4 Å². The van der Waals surface area contributed by atoms with E-state index >= 15 is 0 Å². The highest BCUT2D eigenvalue weighted by molar-refractivity contribution is 5.98. The van der Waals surface area contributed by atoms with Crippen LogP contribution in [0.15, 0.2) is 55.6 Å². The fourth-order valence-corrected chi connectivity index (χ4v) is 6.99. The second-order valence-electron chi connectivity index (χ2n) is 11.7. The van der Waals surface area contributed by atoms with Gasteiger partial charge >= 0.3 is 5.97 Å². The van der Waals surface area contributed by atoms with Crippen LogP contribution in [0, 0.1) is 23.7 Å². The number of ether oxygens (including phenoxy) is 2. The molecule has 0 saturated carbocycles. The minimum Gasteiger partial charge on any atom is -0.465 e. The molecule has 0 aromatic heterocycles. The Morgan fingerprint density at radius 3 is 2.54 bits per heavy atom. The number of amides is 2. The van der Waals surface area contributed by atoms with Crippen LogP contribution in [0.3, 0.4) is 0 Å². The first-order chi connectivity index (χ1) is 18.6. The molecule has 212 valence electrons. The summed E-state index contributed by atoms with van der Waals surface area (Å²) in [6.07, 6.45) is 4.29. The maximum atomic E-state index is 14.6. The first kappa shape index (κ1) is 29.0. The molecule has 3 heterocycles. The quantitative estimate of drug-likeness (QED) is 0.249. The molecule has 2 amide bonds. The Kier molecular flexibility index (Phi) is 8.38. The van der Waals surface area contributed by atoms with E-state index in [1.807, 2.05) is 58.0 Å². The van der Waals surface area contributed by atoms with Gasteiger partial charge < -0.3 is 24.4 Å². The van der Waals surface area contributed by atoms with Crippen LogP contribution in [-0.4, -0.2) is 75.7 Å². The van der Waals surface area contributed by atoms with Crippen molar-refractivity contribution in [3.05, 3.63) is 61.2 Å². The molecule has 0 radical (unpaired) electrons. The van der Waals surface area contributed by atoms with Crippen molar-refractivity contribution >= 4 is 17.8 Å². The average Bonchev–Trinajstić information content (AvgIpc) is 3.41. The lowest BCUT2D eigenvalue weighted by Gasteiger charge is -2.40. The molecule has 4 rings (SSSR count). The zero-order valence-corrected chi connectivity index (χ0v) is 23.5. The number of nitrogens with zero attached hydrogens (tertiary/aromatic N) is 2. The fourth-order valence-electron chi connectivity index (χ4n) is 6.99. The van der Waals surface area contributed by atoms with Crippen LogP contribution >= 0.6 is 0 Å². The summed E-state index contributed by atoms with van der Waals surface area (Å²) in [5.74, 6) is -3.05. The summed E-state index contributed by atoms with van der Waals surface area (Å²) >= 11 is 0. The number of hydrogen-bond acceptors (Lipinski definition) is 6. The van der Waals surface area contributed by atoms with Gasteiger partial charge in [0.05, 0.1) is 30.8 Å². The molecule has 0 aliphatic carbocycles. The number of aliphatic hydroxyl groups excluding tert-OH is 1. The molecular formula is C31H42N2O6. The maximum absolute atomic E-state index is 14.6. The molecule has 1 spiro atoms. The monoisotopic (exact) mass is 538 g/mol. The first-order valence-electron chi connectivity index (χ1n) is 13.9. The van der Waals surface area contributed by atoms with Crippen molar-refractivity contribution in [3.63, 3.8) is 0 Å². The van der Waals surface area contributed by atoms with E-state index in [4.69, 9.17) is 9.47 Å². The minimum absolute atomic E-state index is 0.0950. The minimum atomic E-state index is -1.21. The van der Waals surface area contributed by atoms with Gasteiger partial charge in [0.2, 0.25) is 11.8 Å². The molecule has 8 nitrogen and oxygen atoms in total. The third-order valence-corrected chi connectivity index (χ3v) is 9.00. The molecule has 1 aromatic rings. The Balaban J connectivity index is 1.81. The summed E-state index contributed by atoms with van der Waals surface area (Å²) in [5, 5.41) is 10.4. The van der Waals surface area contributed by atoms with Gasteiger partial charge in [0.1, 0.15) is 17.6 Å². The van der Waals surface area contributed by atoms with Crippen LogP contribution in [0.4, 0.5) is 0 Å². The van der Waals surface area contributed by atoms with E-state index in [2.05, 4.69) is 13.2 Å². The van der Waals surface area contributed by atoms with Crippen molar-refractivity contribution in [1.82, 2.24) is 9.80 Å². The van der Waals surface area contributed by atoms with Crippen LogP contribution in [-0.2, 0) is 30.4 Å². The van der Waals surface area contributed by atoms with Crippen LogP contribution in [0.1, 0.15) is 46.1 Å². The van der Waals surface area contributed by atoms with E-state index in [0.717, 1.165) is 5.56 Å². The highest BCUT2D eigenvalue weighted by atomic mass is 16.6. The van der Waals surface area contributed by atoms with Crippen molar-refractivity contribution in [3.8, 4) is 0 Å². The SMILES string of the molecule is C=CCCOC(=O)[C@@H]1[C@H]2C(=O)N([C@@H](CO)C(C)C)C(C(=O)N(CC=C)Cc3ccccc3)C23CC(C)[C@@]1(C)O3. The van der Waals surface area contributed by atoms with Crippen molar-refractivity contribution in [2.75, 3.05) is 19.8 Å². The highest BCUT2D eigenvalue weighted by Gasteiger charge is 2.80. The lowest BCUT2D eigenvalue weighted by Crippen LogP contribution is -2.59. The second kappa shape index (κ2) is 11.3. The van der Waals surface area contributed by atoms with E-state index in [1.165, 1.54) is 4.90 Å². The lowest BCUT2D eigenvalue weighted by atomic mass is 9.62. The Morgan fingerprint density at radius 2 is 1.95 bits per heavy atom. The summed E-state index contributed by atoms with van der Waals surface area (Å²) < 4.78 is 12.4. The van der Waals surface area contributed by atoms with Gasteiger partial charge in [-0.15, -0.1) is 13.2 Å². The number of fused-ring (bicyclic) bond motifs is 1. The van der Waals surface area contributed by atoms with Crippen molar-refractivity contribution in [2.24, 2.45) is 23.7 Å². The summed E-state index contributed by atoms with van der Waals surface area (Å²) in [6, 6.07) is 8.04. The molecule has 39 heavy (non-hydrogen) atoms. The first-order valence-corrected chi connectivity index (χ1v) is 13.9. The number of hydrogen-bond donors (Lipinski definition) is 1. The van der Waals surface area contributed by atoms with Gasteiger partial charge in [-0.05, 0) is 37.2 Å². The second-order valence-corrected chi connectivity index (χ2v) is 11.7. The number of esters is 1. The van der Waals surface area contributed by atoms with Gasteiger partial charge in [-0.3, -0.25) is 14.4 Å². The molecule has 1 N–H and O–H groups in total. The van der Waals surface area contributed by atoms with Gasteiger partial charge in [-0.25, -0.2) is 0 Å². The number of aliphatic hydroxyl groups is 1. The number of carbonyl (C=O) groups excluding carboxylic acids is 3. The van der Waals surface area contributed by atoms with Crippen LogP contribution in [0.2, 0.25) is 0 Å². The molecule has 8 heteroatoms. The van der Waals surface area contributed by atoms with E-state index < -0.39 is 41.1 Å². The summed E-state index contributed by atoms with van der Waals surface area (Å²) in [6.45, 7) is 15.7. The molecule has 2 bridgehead atoms. The smallest absolute Gasteiger partial charge is 0.312 e. The van der Waals surface area contributed by atoms with E-state index in [9.17, 15) is 19.5 Å². The Morgan fingerprint density at radius 1 is 1.26 bits per heavy atom. The largest absolute Gasteiger partial charge is 0.465 e. The van der Waals surface area contributed by atoms with Gasteiger partial charge in [0.25, 0.3) is 0 Å². The topological polar surface area (TPSA) is 96.4 Å². The van der Waals surface area contributed by atoms with Crippen LogP contribution in [0.5, 0.6) is 0 Å². The standard InChI is InChI=1S/C31H42N2O6/c1-7-9-16-38-29(37)25-24-27(35)33(23(19-34)20(3)4)26(31(24)17-21(5)30(25,6)39-31)28(36)32(15-8-2)18-22-13-11-10-12-14-22/h7-8,10-14,20-21,23-26,34H,1-2,9,15-19H2,3-6H3/t21?,23-,24-,25-,26?,30+,31?/m0/s1. The van der Waals surface area contributed by atoms with Crippen LogP contribution < -0.4 is 0 Å². The molecule has 3 saturated heterocycles. The molecular weight excluding hydrogens is 496 g/mol. The predicted octanol–water partition coefficient (Wildman–Crippen LogP) is 3.35. The molecule has 3 fully saturated rings. The highest BCUT2D eigenvalue weighted by Crippen LogP contribution is 2.65. The molecule has 3 aliphatic rings. The van der Waals surface area contributed by atoms with Crippen molar-refractivity contribution in [1.29, 1.82) is 0 Å². The summed E-state index contributed by atoms with van der Waals surface area (Å²) in [5.41, 5.74) is -1.21. The molecule has 7 atom stereocenters. The third-order valence-electron chi connectivity index (χ3n) is 9.00. The lowest BCUT2D eigenvalue weighted by molar-refractivity contribution is -0.164. The summed E-state index contributed by atoms with van der Waals surface area (Å²) in [4.78, 5) is 45.6. The van der Waals surface area contributed by atoms with E-state index in [1.54, 1.807) is 17.1 Å². The van der Waals surface area contributed by atoms with Gasteiger partial charge in [0, 0.05) is 13.1 Å². The fraction of sp³-hybridized carbons (Fsp3) is 0.581. The Labute approximate surface area is 231 Å². The summed E-state index contributed by atoms with van der Waals surface area (Å²) in [7, 11) is 0. The third kappa shape index (κ3) is 4.72. The number of rotatable bonds is 12. The molecule has 1 aromatic carbocycles. The zero-order valence-electron chi connectivity index (χ0n) is 23.5. The van der Waals surface area contributed by atoms with E-state index in [-0.39, 0.29) is 43.4 Å². The van der Waals surface area contributed by atoms with Gasteiger partial charge in [0.15, 0.2) is 0 Å². The zero-order chi connectivity index (χ0) is 28.5. The normalized spacial score (nSPS) is 31.7. The number of benzene rings is 1.